The lowest BCUT2D eigenvalue weighted by Crippen LogP contribution is -2.43. The lowest BCUT2D eigenvalue weighted by atomic mass is 9.99. The Bertz CT molecular complexity index is 1220. The number of nitrogens with two attached hydrogens (primary N) is 1. The van der Waals surface area contributed by atoms with E-state index in [0.29, 0.717) is 19.0 Å². The molecule has 0 bridgehead atoms. The van der Waals surface area contributed by atoms with Crippen LogP contribution in [0.25, 0.3) is 11.1 Å². The molecule has 0 fully saturated rings. The van der Waals surface area contributed by atoms with Crippen LogP contribution >= 0.6 is 0 Å². The van der Waals surface area contributed by atoms with E-state index in [1.54, 1.807) is 4.68 Å². The molecule has 0 unspecified atom stereocenters. The third-order valence-corrected chi connectivity index (χ3v) is 6.21. The van der Waals surface area contributed by atoms with Gasteiger partial charge in [-0.25, -0.2) is 4.98 Å². The Morgan fingerprint density at radius 1 is 1.09 bits per heavy atom. The summed E-state index contributed by atoms with van der Waals surface area (Å²) in [4.78, 5) is 4.62. The molecule has 7 heteroatoms. The smallest absolute Gasteiger partial charge is 0.237 e. The number of hydrogen-bond donors (Lipinski definition) is 3. The molecule has 174 valence electrons. The third-order valence-electron chi connectivity index (χ3n) is 6.21. The maximum Gasteiger partial charge on any atom is 0.237 e. The number of benzene rings is 2. The van der Waals surface area contributed by atoms with Crippen LogP contribution in [0.2, 0.25) is 0 Å². The molecular weight excluding hydrogens is 424 g/mol. The maximum atomic E-state index is 6.41. The van der Waals surface area contributed by atoms with Crippen LogP contribution < -0.4 is 21.1 Å². The van der Waals surface area contributed by atoms with Gasteiger partial charge in [0.2, 0.25) is 5.88 Å². The number of hydrogen-bond acceptors (Lipinski definition) is 6. The molecule has 1 aliphatic rings. The van der Waals surface area contributed by atoms with Gasteiger partial charge < -0.3 is 21.1 Å². The van der Waals surface area contributed by atoms with Crippen molar-refractivity contribution in [2.45, 2.75) is 25.1 Å². The van der Waals surface area contributed by atoms with Gasteiger partial charge in [0.05, 0.1) is 24.5 Å². The number of nitrogens with one attached hydrogen (secondary N) is 2. The fraction of sp³-hybridized carbons (Fsp3) is 0.259. The van der Waals surface area contributed by atoms with Crippen molar-refractivity contribution in [3.05, 3.63) is 95.9 Å². The van der Waals surface area contributed by atoms with Gasteiger partial charge >= 0.3 is 0 Å². The molecule has 4 N–H and O–H groups in total. The van der Waals surface area contributed by atoms with Gasteiger partial charge in [0, 0.05) is 37.1 Å². The summed E-state index contributed by atoms with van der Waals surface area (Å²) in [5.41, 5.74) is 12.3. The average Bonchev–Trinajstić information content (AvgIpc) is 3.33. The van der Waals surface area contributed by atoms with E-state index in [1.165, 1.54) is 11.1 Å². The standard InChI is InChI=1S/C27H30N6O/c1-33-18-23(16-32-33)22-13-24-27(31-15-22)34-25(17-30-24)26(21-5-3-2-4-6-21)29-12-11-19-7-9-20(14-28)10-8-19/h2-10,13,15-16,18,25-26,29-30H,11-12,14,17,28H2,1H3/t25-,26+/m0/s1. The van der Waals surface area contributed by atoms with Crippen molar-refractivity contribution in [2.75, 3.05) is 18.4 Å². The first-order chi connectivity index (χ1) is 16.7. The van der Waals surface area contributed by atoms with Crippen molar-refractivity contribution in [1.29, 1.82) is 0 Å². The van der Waals surface area contributed by atoms with E-state index in [9.17, 15) is 0 Å². The van der Waals surface area contributed by atoms with E-state index in [2.05, 4.69) is 75.3 Å². The first kappa shape index (κ1) is 22.1. The highest BCUT2D eigenvalue weighted by Gasteiger charge is 2.29. The Balaban J connectivity index is 1.30. The Morgan fingerprint density at radius 3 is 2.62 bits per heavy atom. The van der Waals surface area contributed by atoms with Crippen LogP contribution in [0.15, 0.2) is 79.3 Å². The SMILES string of the molecule is Cn1cc(-c2cnc3c(c2)NC[C@@H]([C@H](NCCc2ccc(CN)cc2)c2ccccc2)O3)cn1. The van der Waals surface area contributed by atoms with Crippen LogP contribution in [0, 0.1) is 0 Å². The second-order valence-electron chi connectivity index (χ2n) is 8.63. The summed E-state index contributed by atoms with van der Waals surface area (Å²) >= 11 is 0. The molecule has 2 aromatic heterocycles. The van der Waals surface area contributed by atoms with Gasteiger partial charge in [0.1, 0.15) is 6.10 Å². The minimum atomic E-state index is -0.0914. The molecule has 5 rings (SSSR count). The normalized spacial score (nSPS) is 15.8. The van der Waals surface area contributed by atoms with Gasteiger partial charge in [-0.2, -0.15) is 5.10 Å². The number of anilines is 1. The molecule has 0 aliphatic carbocycles. The monoisotopic (exact) mass is 454 g/mol. The van der Waals surface area contributed by atoms with Crippen LogP contribution in [0.1, 0.15) is 22.7 Å². The van der Waals surface area contributed by atoms with Crippen molar-refractivity contribution in [2.24, 2.45) is 12.8 Å². The first-order valence-electron chi connectivity index (χ1n) is 11.7. The number of fused-ring (bicyclic) bond motifs is 1. The molecule has 1 aliphatic heterocycles. The molecule has 0 radical (unpaired) electrons. The molecule has 0 saturated carbocycles. The van der Waals surface area contributed by atoms with Gasteiger partial charge in [-0.05, 0) is 35.7 Å². The van der Waals surface area contributed by atoms with Gasteiger partial charge in [0.25, 0.3) is 0 Å². The number of aryl methyl sites for hydroxylation is 1. The zero-order valence-corrected chi connectivity index (χ0v) is 19.3. The van der Waals surface area contributed by atoms with Gasteiger partial charge in [-0.3, -0.25) is 4.68 Å². The number of ether oxygens (including phenoxy) is 1. The van der Waals surface area contributed by atoms with E-state index < -0.39 is 0 Å². The number of rotatable bonds is 8. The van der Waals surface area contributed by atoms with Gasteiger partial charge in [-0.1, -0.05) is 54.6 Å². The zero-order valence-electron chi connectivity index (χ0n) is 19.3. The number of aromatic nitrogens is 3. The van der Waals surface area contributed by atoms with Crippen molar-refractivity contribution < 1.29 is 4.74 Å². The highest BCUT2D eigenvalue weighted by atomic mass is 16.5. The number of nitrogens with zero attached hydrogens (tertiary/aromatic N) is 3. The van der Waals surface area contributed by atoms with Crippen LogP contribution in [-0.4, -0.2) is 34.0 Å². The molecule has 4 aromatic rings. The van der Waals surface area contributed by atoms with Crippen molar-refractivity contribution in [3.8, 4) is 17.0 Å². The van der Waals surface area contributed by atoms with Gasteiger partial charge in [-0.15, -0.1) is 0 Å². The molecule has 2 aromatic carbocycles. The van der Waals surface area contributed by atoms with Crippen LogP contribution in [0.5, 0.6) is 5.88 Å². The minimum Gasteiger partial charge on any atom is -0.469 e. The Hall–Kier alpha value is -3.68. The lowest BCUT2D eigenvalue weighted by Gasteiger charge is -2.33. The minimum absolute atomic E-state index is 0.0324. The first-order valence-corrected chi connectivity index (χ1v) is 11.7. The van der Waals surface area contributed by atoms with Crippen molar-refractivity contribution >= 4 is 5.69 Å². The summed E-state index contributed by atoms with van der Waals surface area (Å²) in [6.07, 6.45) is 6.50. The molecule has 2 atom stereocenters. The topological polar surface area (TPSA) is 90.0 Å². The van der Waals surface area contributed by atoms with E-state index in [-0.39, 0.29) is 12.1 Å². The molecule has 3 heterocycles. The molecule has 0 amide bonds. The largest absolute Gasteiger partial charge is 0.469 e. The molecule has 7 nitrogen and oxygen atoms in total. The summed E-state index contributed by atoms with van der Waals surface area (Å²) in [6, 6.07) is 21.1. The third kappa shape index (κ3) is 4.95. The van der Waals surface area contributed by atoms with Crippen LogP contribution in [0.4, 0.5) is 5.69 Å². The van der Waals surface area contributed by atoms with E-state index >= 15 is 0 Å². The molecular formula is C27H30N6O. The fourth-order valence-corrected chi connectivity index (χ4v) is 4.32. The van der Waals surface area contributed by atoms with E-state index in [0.717, 1.165) is 35.3 Å². The maximum absolute atomic E-state index is 6.41. The highest BCUT2D eigenvalue weighted by molar-refractivity contribution is 5.69. The van der Waals surface area contributed by atoms with E-state index in [4.69, 9.17) is 10.5 Å². The summed E-state index contributed by atoms with van der Waals surface area (Å²) in [5.74, 6) is 0.629. The summed E-state index contributed by atoms with van der Waals surface area (Å²) in [6.45, 7) is 2.09. The lowest BCUT2D eigenvalue weighted by molar-refractivity contribution is 0.150. The zero-order chi connectivity index (χ0) is 23.3. The molecule has 0 saturated heterocycles. The summed E-state index contributed by atoms with van der Waals surface area (Å²) in [7, 11) is 1.91. The second-order valence-corrected chi connectivity index (χ2v) is 8.63. The average molecular weight is 455 g/mol. The predicted octanol–water partition coefficient (Wildman–Crippen LogP) is 3.69. The Labute approximate surface area is 200 Å². The van der Waals surface area contributed by atoms with Crippen LogP contribution in [-0.2, 0) is 20.0 Å². The van der Waals surface area contributed by atoms with Crippen molar-refractivity contribution in [1.82, 2.24) is 20.1 Å². The second kappa shape index (κ2) is 10.1. The van der Waals surface area contributed by atoms with Crippen molar-refractivity contribution in [3.63, 3.8) is 0 Å². The highest BCUT2D eigenvalue weighted by Crippen LogP contribution is 2.34. The van der Waals surface area contributed by atoms with Gasteiger partial charge in [0.15, 0.2) is 0 Å². The van der Waals surface area contributed by atoms with E-state index in [1.807, 2.05) is 31.7 Å². The fourth-order valence-electron chi connectivity index (χ4n) is 4.32. The summed E-state index contributed by atoms with van der Waals surface area (Å²) < 4.78 is 8.20. The quantitative estimate of drug-likeness (QED) is 0.376. The summed E-state index contributed by atoms with van der Waals surface area (Å²) in [5, 5.41) is 11.5. The molecule has 34 heavy (non-hydrogen) atoms. The van der Waals surface area contributed by atoms with Crippen LogP contribution in [0.3, 0.4) is 0 Å². The predicted molar refractivity (Wildman–Crippen MR) is 135 cm³/mol. The number of pyridine rings is 1. The Kier molecular flexibility index (Phi) is 6.56. The Morgan fingerprint density at radius 2 is 1.88 bits per heavy atom. The molecule has 0 spiro atoms.